The number of aliphatic hydroxyl groups excluding tert-OH is 1. The van der Waals surface area contributed by atoms with Gasteiger partial charge >= 0.3 is 19.4 Å². The normalized spacial score (nSPS) is 26.6. The Morgan fingerprint density at radius 2 is 2.03 bits per heavy atom. The van der Waals surface area contributed by atoms with Gasteiger partial charge in [0.15, 0.2) is 11.8 Å². The van der Waals surface area contributed by atoms with E-state index in [1.54, 1.807) is 13.8 Å². The zero-order chi connectivity index (χ0) is 29.2. The van der Waals surface area contributed by atoms with Crippen LogP contribution >= 0.6 is 19.3 Å². The van der Waals surface area contributed by atoms with Crippen LogP contribution in [0.3, 0.4) is 0 Å². The third-order valence-electron chi connectivity index (χ3n) is 6.68. The summed E-state index contributed by atoms with van der Waals surface area (Å²) in [5.74, 6) is 0.154. The van der Waals surface area contributed by atoms with E-state index in [1.165, 1.54) is 31.2 Å². The number of benzene rings is 1. The number of nitrogens with zero attached hydrogens (tertiary/aromatic N) is 1. The number of halogens is 1. The average Bonchev–Trinajstić information content (AvgIpc) is 3.13. The summed E-state index contributed by atoms with van der Waals surface area (Å²) in [6.07, 6.45) is 1.87. The lowest BCUT2D eigenvalue weighted by atomic mass is 9.86. The molecule has 0 spiro atoms. The van der Waals surface area contributed by atoms with Crippen molar-refractivity contribution in [1.29, 1.82) is 0 Å². The number of terminal acetylenes is 1. The van der Waals surface area contributed by atoms with E-state index in [9.17, 15) is 34.3 Å². The molecule has 0 aliphatic carbocycles. The molecule has 1 unspecified atom stereocenters. The number of hydrogen-bond donors (Lipinski definition) is 5. The second-order valence-corrected chi connectivity index (χ2v) is 11.3. The molecule has 1 aliphatic rings. The molecule has 1 aromatic heterocycles. The fourth-order valence-corrected chi connectivity index (χ4v) is 5.81. The SMILES string of the molecule is C#C[C@@]1(O)[C@H](O)[C@@H](COP(=O)(N[C@](C)(C(=O)O)[C@H](C)CC)Oc2ccc(Cl)cc2)O[C@H]1n1ccc(=O)[nH]c1=O. The van der Waals surface area contributed by atoms with Gasteiger partial charge in [-0.3, -0.25) is 23.7 Å². The largest absolute Gasteiger partial charge is 0.480 e. The molecule has 3 rings (SSSR count). The molecule has 7 atom stereocenters. The minimum absolute atomic E-state index is 0.0258. The number of nitrogens with one attached hydrogen (secondary N) is 2. The van der Waals surface area contributed by atoms with Crippen molar-refractivity contribution in [2.45, 2.75) is 56.8 Å². The van der Waals surface area contributed by atoms with Crippen molar-refractivity contribution in [3.8, 4) is 18.1 Å². The summed E-state index contributed by atoms with van der Waals surface area (Å²) < 4.78 is 31.5. The summed E-state index contributed by atoms with van der Waals surface area (Å²) in [5.41, 5.74) is -5.93. The van der Waals surface area contributed by atoms with Crippen molar-refractivity contribution >= 4 is 25.3 Å². The van der Waals surface area contributed by atoms with Crippen LogP contribution in [0.5, 0.6) is 5.75 Å². The Bertz CT molecular complexity index is 1410. The monoisotopic (exact) mass is 585 g/mol. The molecule has 212 valence electrons. The summed E-state index contributed by atoms with van der Waals surface area (Å²) in [7, 11) is -4.55. The van der Waals surface area contributed by atoms with Gasteiger partial charge in [-0.25, -0.2) is 9.36 Å². The van der Waals surface area contributed by atoms with E-state index in [1.807, 2.05) is 10.9 Å². The maximum atomic E-state index is 14.0. The molecule has 1 aliphatic heterocycles. The summed E-state index contributed by atoms with van der Waals surface area (Å²) in [6, 6.07) is 6.67. The van der Waals surface area contributed by atoms with Crippen molar-refractivity contribution in [2.24, 2.45) is 5.92 Å². The summed E-state index contributed by atoms with van der Waals surface area (Å²) >= 11 is 5.90. The molecule has 0 radical (unpaired) electrons. The van der Waals surface area contributed by atoms with E-state index in [2.05, 4.69) is 5.09 Å². The minimum atomic E-state index is -4.55. The molecule has 0 bridgehead atoms. The number of hydrogen-bond acceptors (Lipinski definition) is 9. The van der Waals surface area contributed by atoms with Gasteiger partial charge in [-0.05, 0) is 37.1 Å². The Hall–Kier alpha value is -2.95. The van der Waals surface area contributed by atoms with Gasteiger partial charge < -0.3 is 24.6 Å². The molecular formula is C24H29ClN3O10P. The van der Waals surface area contributed by atoms with Crippen LogP contribution in [0.4, 0.5) is 0 Å². The van der Waals surface area contributed by atoms with Gasteiger partial charge in [0, 0.05) is 17.3 Å². The molecule has 39 heavy (non-hydrogen) atoms. The number of aromatic amines is 1. The van der Waals surface area contributed by atoms with E-state index in [0.717, 1.165) is 16.8 Å². The Morgan fingerprint density at radius 3 is 2.56 bits per heavy atom. The standard InChI is InChI=1S/C24H29ClN3O10P/c1-5-14(3)23(4,21(31)32)27-39(35,38-16-9-7-15(25)8-10-16)36-13-17-19(30)24(34,6-2)20(37-17)28-12-11-18(29)26-22(28)33/h2,7-12,14,17,19-20,30,34H,5,13H2,1,3-4H3,(H,27,35)(H,31,32)(H,26,29,33)/t14-,17-,19-,20-,23+,24-,39?/m1/s1. The molecule has 13 nitrogen and oxygen atoms in total. The Labute approximate surface area is 228 Å². The zero-order valence-corrected chi connectivity index (χ0v) is 22.9. The number of aliphatic hydroxyl groups is 2. The van der Waals surface area contributed by atoms with Crippen molar-refractivity contribution in [3.63, 3.8) is 0 Å². The molecule has 2 aromatic rings. The number of H-pyrrole nitrogens is 1. The lowest BCUT2D eigenvalue weighted by Gasteiger charge is -2.35. The number of carbonyl (C=O) groups is 1. The van der Waals surface area contributed by atoms with Crippen molar-refractivity contribution in [2.75, 3.05) is 6.61 Å². The van der Waals surface area contributed by atoms with Crippen LogP contribution in [0.2, 0.25) is 5.02 Å². The van der Waals surface area contributed by atoms with Crippen LogP contribution in [0.1, 0.15) is 33.4 Å². The minimum Gasteiger partial charge on any atom is -0.480 e. The van der Waals surface area contributed by atoms with Gasteiger partial charge in [0.25, 0.3) is 5.56 Å². The first-order valence-electron chi connectivity index (χ1n) is 11.8. The first kappa shape index (κ1) is 30.6. The predicted octanol–water partition coefficient (Wildman–Crippen LogP) is 1.50. The van der Waals surface area contributed by atoms with E-state index >= 15 is 0 Å². The van der Waals surface area contributed by atoms with Gasteiger partial charge in [0.05, 0.1) is 6.61 Å². The third-order valence-corrected chi connectivity index (χ3v) is 8.61. The van der Waals surface area contributed by atoms with Gasteiger partial charge in [-0.15, -0.1) is 6.42 Å². The molecule has 2 heterocycles. The predicted molar refractivity (Wildman–Crippen MR) is 139 cm³/mol. The Morgan fingerprint density at radius 1 is 1.38 bits per heavy atom. The highest BCUT2D eigenvalue weighted by Gasteiger charge is 2.57. The topological polar surface area (TPSA) is 189 Å². The third kappa shape index (κ3) is 6.28. The van der Waals surface area contributed by atoms with Crippen LogP contribution in [0.15, 0.2) is 46.1 Å². The van der Waals surface area contributed by atoms with Crippen LogP contribution in [0.25, 0.3) is 0 Å². The molecule has 1 fully saturated rings. The Balaban J connectivity index is 1.93. The highest BCUT2D eigenvalue weighted by molar-refractivity contribution is 7.52. The highest BCUT2D eigenvalue weighted by atomic mass is 35.5. The fraction of sp³-hybridized carbons (Fsp3) is 0.458. The van der Waals surface area contributed by atoms with Gasteiger partial charge in [-0.2, -0.15) is 5.09 Å². The molecule has 5 N–H and O–H groups in total. The van der Waals surface area contributed by atoms with Crippen molar-refractivity contribution in [3.05, 3.63) is 62.4 Å². The van der Waals surface area contributed by atoms with Gasteiger partial charge in [0.2, 0.25) is 0 Å². The van der Waals surface area contributed by atoms with Crippen LogP contribution in [-0.2, 0) is 18.6 Å². The van der Waals surface area contributed by atoms with Crippen LogP contribution in [-0.4, -0.2) is 60.8 Å². The van der Waals surface area contributed by atoms with E-state index < -0.39 is 67.1 Å². The maximum Gasteiger partial charge on any atom is 0.459 e. The van der Waals surface area contributed by atoms with Crippen molar-refractivity contribution < 1.29 is 38.5 Å². The fourth-order valence-electron chi connectivity index (χ4n) is 3.90. The zero-order valence-electron chi connectivity index (χ0n) is 21.2. The second-order valence-electron chi connectivity index (χ2n) is 9.23. The summed E-state index contributed by atoms with van der Waals surface area (Å²) in [4.78, 5) is 37.9. The molecule has 0 amide bonds. The number of ether oxygens (including phenoxy) is 1. The molecular weight excluding hydrogens is 557 g/mol. The summed E-state index contributed by atoms with van der Waals surface area (Å²) in [6.45, 7) is 3.98. The number of carboxylic acid groups (broad SMARTS) is 1. The number of aliphatic carboxylic acids is 1. The van der Waals surface area contributed by atoms with Gasteiger partial charge in [-0.1, -0.05) is 37.8 Å². The Kier molecular flexibility index (Phi) is 9.14. The van der Waals surface area contributed by atoms with Crippen LogP contribution < -0.4 is 20.9 Å². The van der Waals surface area contributed by atoms with E-state index in [4.69, 9.17) is 31.8 Å². The quantitative estimate of drug-likeness (QED) is 0.190. The summed E-state index contributed by atoms with van der Waals surface area (Å²) in [5, 5.41) is 34.6. The number of carboxylic acids is 1. The molecule has 0 saturated carbocycles. The van der Waals surface area contributed by atoms with E-state index in [0.29, 0.717) is 11.4 Å². The highest BCUT2D eigenvalue weighted by Crippen LogP contribution is 2.49. The van der Waals surface area contributed by atoms with Crippen LogP contribution in [0, 0.1) is 18.3 Å². The first-order valence-corrected chi connectivity index (χ1v) is 13.7. The number of rotatable bonds is 11. The van der Waals surface area contributed by atoms with E-state index in [-0.39, 0.29) is 5.75 Å². The smallest absolute Gasteiger partial charge is 0.459 e. The lowest BCUT2D eigenvalue weighted by Crippen LogP contribution is -2.53. The average molecular weight is 586 g/mol. The van der Waals surface area contributed by atoms with Crippen molar-refractivity contribution in [1.82, 2.24) is 14.6 Å². The number of aromatic nitrogens is 2. The van der Waals surface area contributed by atoms with Gasteiger partial charge in [0.1, 0.15) is 23.5 Å². The maximum absolute atomic E-state index is 14.0. The second kappa shape index (κ2) is 11.7. The lowest BCUT2D eigenvalue weighted by molar-refractivity contribution is -0.145. The first-order chi connectivity index (χ1) is 18.2. The molecule has 15 heteroatoms. The molecule has 1 saturated heterocycles. The molecule has 1 aromatic carbocycles.